The molecule has 0 atom stereocenters. The number of hydrogen-bond acceptors (Lipinski definition) is 5. The van der Waals surface area contributed by atoms with E-state index in [1.807, 2.05) is 11.8 Å². The molecule has 1 aromatic heterocycles. The number of rotatable bonds is 3. The van der Waals surface area contributed by atoms with Gasteiger partial charge in [0.05, 0.1) is 16.3 Å². The lowest BCUT2D eigenvalue weighted by Crippen LogP contribution is -2.45. The number of fused-ring (bicyclic) bond motifs is 1. The second-order valence-corrected chi connectivity index (χ2v) is 9.01. The molecule has 132 valence electrons. The highest BCUT2D eigenvalue weighted by atomic mass is 32.2. The Kier molecular flexibility index (Phi) is 5.01. The molecule has 2 aromatic rings. The number of piperidine rings is 1. The normalized spacial score (nSPS) is 19.1. The van der Waals surface area contributed by atoms with Crippen LogP contribution in [-0.4, -0.2) is 37.3 Å². The molecule has 4 nitrogen and oxygen atoms in total. The maximum absolute atomic E-state index is 6.23. The highest BCUT2D eigenvalue weighted by Crippen LogP contribution is 2.39. The van der Waals surface area contributed by atoms with Crippen LogP contribution in [0.2, 0.25) is 0 Å². The van der Waals surface area contributed by atoms with Crippen molar-refractivity contribution in [3.63, 3.8) is 0 Å². The monoisotopic (exact) mass is 372 g/mol. The standard InChI is InChI=1S/C19H24N4S2/c1-13-2-4-18(25-13)19(20)22-14-3-5-17-16(12-14)23(10-11-24-17)15-6-8-21-9-7-15/h2-5,12,15,21H,6-11H2,1H3,(H2,20,22). The van der Waals surface area contributed by atoms with Gasteiger partial charge < -0.3 is 16.0 Å². The molecule has 4 rings (SSSR count). The van der Waals surface area contributed by atoms with E-state index in [-0.39, 0.29) is 0 Å². The summed E-state index contributed by atoms with van der Waals surface area (Å²) in [5.41, 5.74) is 8.51. The van der Waals surface area contributed by atoms with Gasteiger partial charge >= 0.3 is 0 Å². The first kappa shape index (κ1) is 16.9. The molecule has 0 radical (unpaired) electrons. The predicted molar refractivity (Wildman–Crippen MR) is 110 cm³/mol. The van der Waals surface area contributed by atoms with Gasteiger partial charge in [0.2, 0.25) is 0 Å². The van der Waals surface area contributed by atoms with Gasteiger partial charge in [-0.05, 0) is 63.2 Å². The lowest BCUT2D eigenvalue weighted by Gasteiger charge is -2.39. The van der Waals surface area contributed by atoms with Crippen LogP contribution < -0.4 is 16.0 Å². The number of aryl methyl sites for hydroxylation is 1. The van der Waals surface area contributed by atoms with Crippen molar-refractivity contribution in [1.82, 2.24) is 5.32 Å². The average Bonchev–Trinajstić information content (AvgIpc) is 3.08. The lowest BCUT2D eigenvalue weighted by atomic mass is 10.0. The fraction of sp³-hybridized carbons (Fsp3) is 0.421. The largest absolute Gasteiger partial charge is 0.383 e. The molecule has 0 saturated carbocycles. The van der Waals surface area contributed by atoms with E-state index in [1.54, 1.807) is 11.3 Å². The van der Waals surface area contributed by atoms with Crippen LogP contribution in [0.25, 0.3) is 0 Å². The molecule has 0 aliphatic carbocycles. The van der Waals surface area contributed by atoms with Crippen molar-refractivity contribution in [2.24, 2.45) is 10.7 Å². The molecule has 6 heteroatoms. The zero-order valence-corrected chi connectivity index (χ0v) is 16.1. The van der Waals surface area contributed by atoms with Crippen LogP contribution in [0.15, 0.2) is 40.2 Å². The van der Waals surface area contributed by atoms with Gasteiger partial charge in [-0.15, -0.1) is 23.1 Å². The molecule has 1 aromatic carbocycles. The number of hydrogen-bond donors (Lipinski definition) is 2. The Morgan fingerprint density at radius 3 is 2.84 bits per heavy atom. The van der Waals surface area contributed by atoms with Crippen molar-refractivity contribution in [3.8, 4) is 0 Å². The third-order valence-electron chi connectivity index (χ3n) is 4.83. The molecule has 3 heterocycles. The minimum absolute atomic E-state index is 0.606. The summed E-state index contributed by atoms with van der Waals surface area (Å²) in [5.74, 6) is 1.77. The van der Waals surface area contributed by atoms with Crippen molar-refractivity contribution in [3.05, 3.63) is 40.1 Å². The van der Waals surface area contributed by atoms with Gasteiger partial charge in [-0.25, -0.2) is 4.99 Å². The zero-order valence-electron chi connectivity index (χ0n) is 14.5. The summed E-state index contributed by atoms with van der Waals surface area (Å²) in [4.78, 5) is 10.9. The molecule has 1 fully saturated rings. The minimum atomic E-state index is 0.606. The predicted octanol–water partition coefficient (Wildman–Crippen LogP) is 3.76. The van der Waals surface area contributed by atoms with Gasteiger partial charge in [-0.3, -0.25) is 0 Å². The zero-order chi connectivity index (χ0) is 17.2. The van der Waals surface area contributed by atoms with E-state index in [0.29, 0.717) is 11.9 Å². The highest BCUT2D eigenvalue weighted by Gasteiger charge is 2.26. The number of anilines is 1. The molecular formula is C19H24N4S2. The molecule has 0 amide bonds. The SMILES string of the molecule is Cc1ccc(C(N)=Nc2ccc3c(c2)N(C2CCNCC2)CCS3)s1. The number of amidine groups is 1. The number of thioether (sulfide) groups is 1. The van der Waals surface area contributed by atoms with E-state index in [1.165, 1.54) is 28.3 Å². The van der Waals surface area contributed by atoms with Crippen LogP contribution in [0, 0.1) is 6.92 Å². The second kappa shape index (κ2) is 7.40. The Morgan fingerprint density at radius 1 is 1.24 bits per heavy atom. The highest BCUT2D eigenvalue weighted by molar-refractivity contribution is 7.99. The molecule has 2 aliphatic rings. The fourth-order valence-corrected chi connectivity index (χ4v) is 5.33. The van der Waals surface area contributed by atoms with Gasteiger partial charge in [-0.1, -0.05) is 0 Å². The molecule has 0 bridgehead atoms. The van der Waals surface area contributed by atoms with Crippen molar-refractivity contribution < 1.29 is 0 Å². The number of thiophene rings is 1. The maximum atomic E-state index is 6.23. The van der Waals surface area contributed by atoms with Crippen molar-refractivity contribution in [2.75, 3.05) is 30.3 Å². The Morgan fingerprint density at radius 2 is 2.08 bits per heavy atom. The Hall–Kier alpha value is -1.50. The minimum Gasteiger partial charge on any atom is -0.383 e. The van der Waals surface area contributed by atoms with E-state index >= 15 is 0 Å². The first-order valence-corrected chi connectivity index (χ1v) is 10.7. The van der Waals surface area contributed by atoms with Gasteiger partial charge in [0.15, 0.2) is 0 Å². The summed E-state index contributed by atoms with van der Waals surface area (Å²) in [7, 11) is 0. The maximum Gasteiger partial charge on any atom is 0.141 e. The first-order chi connectivity index (χ1) is 12.2. The molecule has 3 N–H and O–H groups in total. The summed E-state index contributed by atoms with van der Waals surface area (Å²) in [5, 5.41) is 3.47. The van der Waals surface area contributed by atoms with E-state index in [2.05, 4.69) is 52.5 Å². The van der Waals surface area contributed by atoms with Crippen LogP contribution in [-0.2, 0) is 0 Å². The number of nitrogens with one attached hydrogen (secondary N) is 1. The van der Waals surface area contributed by atoms with E-state index < -0.39 is 0 Å². The Bertz CT molecular complexity index is 777. The van der Waals surface area contributed by atoms with Gasteiger partial charge in [0, 0.05) is 28.1 Å². The Labute approximate surface area is 157 Å². The molecule has 2 aliphatic heterocycles. The van der Waals surface area contributed by atoms with Gasteiger partial charge in [0.1, 0.15) is 5.84 Å². The average molecular weight is 373 g/mol. The molecule has 0 unspecified atom stereocenters. The third kappa shape index (κ3) is 3.71. The van der Waals surface area contributed by atoms with Crippen molar-refractivity contribution >= 4 is 40.3 Å². The summed E-state index contributed by atoms with van der Waals surface area (Å²) in [6, 6.07) is 11.3. The van der Waals surface area contributed by atoms with Gasteiger partial charge in [-0.2, -0.15) is 0 Å². The summed E-state index contributed by atoms with van der Waals surface area (Å²) < 4.78 is 0. The van der Waals surface area contributed by atoms with Gasteiger partial charge in [0.25, 0.3) is 0 Å². The van der Waals surface area contributed by atoms with Crippen LogP contribution in [0.3, 0.4) is 0 Å². The molecule has 25 heavy (non-hydrogen) atoms. The summed E-state index contributed by atoms with van der Waals surface area (Å²) >= 11 is 3.64. The van der Waals surface area contributed by atoms with Crippen LogP contribution in [0.1, 0.15) is 22.6 Å². The quantitative estimate of drug-likeness (QED) is 0.636. The smallest absolute Gasteiger partial charge is 0.141 e. The number of nitrogens with zero attached hydrogens (tertiary/aromatic N) is 2. The number of benzene rings is 1. The summed E-state index contributed by atoms with van der Waals surface area (Å²) in [6.45, 7) is 5.45. The van der Waals surface area contributed by atoms with Crippen molar-refractivity contribution in [1.29, 1.82) is 0 Å². The molecule has 1 saturated heterocycles. The third-order valence-corrected chi connectivity index (χ3v) is 6.90. The number of aliphatic imine (C=N–C) groups is 1. The first-order valence-electron chi connectivity index (χ1n) is 8.86. The second-order valence-electron chi connectivity index (χ2n) is 6.58. The van der Waals surface area contributed by atoms with E-state index in [9.17, 15) is 0 Å². The number of nitrogens with two attached hydrogens (primary N) is 1. The lowest BCUT2D eigenvalue weighted by molar-refractivity contribution is 0.432. The topological polar surface area (TPSA) is 53.6 Å². The van der Waals surface area contributed by atoms with Crippen LogP contribution >= 0.6 is 23.1 Å². The summed E-state index contributed by atoms with van der Waals surface area (Å²) in [6.07, 6.45) is 2.43. The van der Waals surface area contributed by atoms with E-state index in [4.69, 9.17) is 5.73 Å². The van der Waals surface area contributed by atoms with Crippen LogP contribution in [0.4, 0.5) is 11.4 Å². The molecule has 0 spiro atoms. The van der Waals surface area contributed by atoms with E-state index in [0.717, 1.165) is 36.0 Å². The Balaban J connectivity index is 1.63. The van der Waals surface area contributed by atoms with Crippen molar-refractivity contribution in [2.45, 2.75) is 30.7 Å². The molecular weight excluding hydrogens is 348 g/mol. The van der Waals surface area contributed by atoms with Crippen LogP contribution in [0.5, 0.6) is 0 Å². The fourth-order valence-electron chi connectivity index (χ4n) is 3.56.